The van der Waals surface area contributed by atoms with Crippen molar-refractivity contribution in [3.8, 4) is 34.5 Å². The molecule has 0 unspecified atom stereocenters. The molecule has 12 heteroatoms. The summed E-state index contributed by atoms with van der Waals surface area (Å²) in [5.41, 5.74) is 0.579. The summed E-state index contributed by atoms with van der Waals surface area (Å²) >= 11 is 0. The number of nitro benzene ring substituents is 1. The van der Waals surface area contributed by atoms with Crippen LogP contribution in [-0.4, -0.2) is 54.0 Å². The molecule has 0 bridgehead atoms. The predicted molar refractivity (Wildman–Crippen MR) is 140 cm³/mol. The second-order valence-corrected chi connectivity index (χ2v) is 9.82. The van der Waals surface area contributed by atoms with Crippen LogP contribution < -0.4 is 23.7 Å². The monoisotopic (exact) mass is 545 g/mol. The van der Waals surface area contributed by atoms with Crippen molar-refractivity contribution in [2.45, 2.75) is 10.6 Å². The lowest BCUT2D eigenvalue weighted by molar-refractivity contribution is -0.386. The van der Waals surface area contributed by atoms with Gasteiger partial charge in [-0.15, -0.1) is 0 Å². The third-order valence-electron chi connectivity index (χ3n) is 5.68. The first-order valence-electron chi connectivity index (χ1n) is 11.0. The minimum atomic E-state index is -4.14. The molecule has 3 aromatic carbocycles. The predicted octanol–water partition coefficient (Wildman–Crippen LogP) is 4.49. The highest BCUT2D eigenvalue weighted by Gasteiger charge is 2.25. The van der Waals surface area contributed by atoms with Crippen molar-refractivity contribution in [2.24, 2.45) is 0 Å². The Morgan fingerprint density at radius 1 is 0.816 bits per heavy atom. The highest BCUT2D eigenvalue weighted by Crippen LogP contribution is 2.40. The van der Waals surface area contributed by atoms with Gasteiger partial charge in [0.1, 0.15) is 0 Å². The third kappa shape index (κ3) is 5.75. The van der Waals surface area contributed by atoms with Gasteiger partial charge in [0.25, 0.3) is 0 Å². The van der Waals surface area contributed by atoms with Crippen molar-refractivity contribution in [3.63, 3.8) is 0 Å². The van der Waals surface area contributed by atoms with Gasteiger partial charge in [-0.25, -0.2) is 8.42 Å². The van der Waals surface area contributed by atoms with Crippen molar-refractivity contribution < 1.29 is 42.1 Å². The summed E-state index contributed by atoms with van der Waals surface area (Å²) < 4.78 is 52.8. The number of phenols is 1. The summed E-state index contributed by atoms with van der Waals surface area (Å²) in [5.74, 6) is 0.226. The van der Waals surface area contributed by atoms with E-state index in [0.29, 0.717) is 28.4 Å². The minimum absolute atomic E-state index is 0.0477. The van der Waals surface area contributed by atoms with Crippen LogP contribution in [0.1, 0.15) is 16.7 Å². The van der Waals surface area contributed by atoms with E-state index < -0.39 is 26.2 Å². The molecule has 0 aliphatic rings. The highest BCUT2D eigenvalue weighted by molar-refractivity contribution is 7.90. The first-order valence-corrected chi connectivity index (χ1v) is 12.7. The molecule has 38 heavy (non-hydrogen) atoms. The summed E-state index contributed by atoms with van der Waals surface area (Å²) in [7, 11) is 2.90. The smallest absolute Gasteiger partial charge is 0.312 e. The van der Waals surface area contributed by atoms with Crippen molar-refractivity contribution in [1.29, 1.82) is 0 Å². The van der Waals surface area contributed by atoms with Crippen molar-refractivity contribution in [1.82, 2.24) is 0 Å². The number of benzene rings is 3. The molecule has 0 amide bonds. The maximum Gasteiger partial charge on any atom is 0.312 e. The lowest BCUT2D eigenvalue weighted by atomic mass is 10.0. The number of phenolic OH excluding ortho intramolecular Hbond substituents is 1. The maximum absolute atomic E-state index is 13.3. The number of sulfone groups is 1. The molecule has 0 radical (unpaired) electrons. The van der Waals surface area contributed by atoms with Crippen LogP contribution in [0, 0.1) is 10.1 Å². The normalized spacial score (nSPS) is 11.3. The molecule has 0 saturated heterocycles. The molecule has 0 atom stereocenters. The summed E-state index contributed by atoms with van der Waals surface area (Å²) in [4.78, 5) is 10.4. The molecular weight excluding hydrogens is 518 g/mol. The first kappa shape index (κ1) is 28.1. The fourth-order valence-corrected chi connectivity index (χ4v) is 5.18. The Morgan fingerprint density at radius 3 is 1.92 bits per heavy atom. The molecule has 202 valence electrons. The van der Waals surface area contributed by atoms with E-state index in [4.69, 9.17) is 23.7 Å². The number of hydrogen-bond acceptors (Lipinski definition) is 10. The number of aromatic hydroxyl groups is 1. The van der Waals surface area contributed by atoms with Gasteiger partial charge < -0.3 is 28.8 Å². The first-order chi connectivity index (χ1) is 18.1. The van der Waals surface area contributed by atoms with Gasteiger partial charge in [0.2, 0.25) is 5.75 Å². The summed E-state index contributed by atoms with van der Waals surface area (Å²) in [6.07, 6.45) is 3.29. The lowest BCUT2D eigenvalue weighted by Crippen LogP contribution is -2.08. The van der Waals surface area contributed by atoms with E-state index in [-0.39, 0.29) is 27.7 Å². The Morgan fingerprint density at radius 2 is 1.39 bits per heavy atom. The van der Waals surface area contributed by atoms with Crippen LogP contribution >= 0.6 is 0 Å². The molecule has 0 heterocycles. The standard InChI is InChI=1S/C26H27NO10S/c1-33-21-11-9-18(14-20(21)27(29)30)38(31,32)15-19-17(8-10-22(34-2)25(19)28)7-6-16-12-23(35-3)26(37-5)24(13-16)36-4/h6-14,28H,15H2,1-5H3/b7-6-. The number of methoxy groups -OCH3 is 5. The molecule has 0 saturated carbocycles. The lowest BCUT2D eigenvalue weighted by Gasteiger charge is -2.14. The van der Waals surface area contributed by atoms with E-state index in [0.717, 1.165) is 6.07 Å². The largest absolute Gasteiger partial charge is 0.504 e. The maximum atomic E-state index is 13.3. The molecule has 0 aliphatic carbocycles. The van der Waals surface area contributed by atoms with E-state index in [9.17, 15) is 23.6 Å². The van der Waals surface area contributed by atoms with Crippen LogP contribution in [0.25, 0.3) is 12.2 Å². The Kier molecular flexibility index (Phi) is 8.68. The summed E-state index contributed by atoms with van der Waals surface area (Å²) in [6.45, 7) is 0. The second-order valence-electron chi connectivity index (χ2n) is 7.83. The van der Waals surface area contributed by atoms with Gasteiger partial charge in [-0.3, -0.25) is 10.1 Å². The summed E-state index contributed by atoms with van der Waals surface area (Å²) in [6, 6.07) is 9.84. The van der Waals surface area contributed by atoms with Gasteiger partial charge in [-0.2, -0.15) is 0 Å². The molecule has 11 nitrogen and oxygen atoms in total. The van der Waals surface area contributed by atoms with Gasteiger partial charge >= 0.3 is 5.69 Å². The molecule has 0 spiro atoms. The van der Waals surface area contributed by atoms with E-state index in [1.54, 1.807) is 30.4 Å². The number of hydrogen-bond donors (Lipinski definition) is 1. The topological polar surface area (TPSA) is 144 Å². The molecule has 0 aliphatic heterocycles. The second kappa shape index (κ2) is 11.7. The van der Waals surface area contributed by atoms with Gasteiger partial charge in [-0.1, -0.05) is 18.2 Å². The molecular formula is C26H27NO10S. The Bertz CT molecular complexity index is 1460. The van der Waals surface area contributed by atoms with Crippen LogP contribution in [0.4, 0.5) is 5.69 Å². The fraction of sp³-hybridized carbons (Fsp3) is 0.231. The van der Waals surface area contributed by atoms with Crippen LogP contribution in [-0.2, 0) is 15.6 Å². The van der Waals surface area contributed by atoms with Crippen LogP contribution in [0.2, 0.25) is 0 Å². The van der Waals surface area contributed by atoms with Crippen molar-refractivity contribution in [3.05, 3.63) is 69.3 Å². The van der Waals surface area contributed by atoms with E-state index in [2.05, 4.69) is 0 Å². The Labute approximate surface area is 219 Å². The van der Waals surface area contributed by atoms with Gasteiger partial charge in [0, 0.05) is 11.6 Å². The molecule has 0 aromatic heterocycles. The summed E-state index contributed by atoms with van der Waals surface area (Å²) in [5, 5.41) is 22.2. The van der Waals surface area contributed by atoms with Gasteiger partial charge in [-0.05, 0) is 41.5 Å². The quantitative estimate of drug-likeness (QED) is 0.208. The van der Waals surface area contributed by atoms with Crippen molar-refractivity contribution in [2.75, 3.05) is 35.5 Å². The zero-order chi connectivity index (χ0) is 28.0. The number of nitrogens with zero attached hydrogens (tertiary/aromatic N) is 1. The number of ether oxygens (including phenoxy) is 5. The zero-order valence-electron chi connectivity index (χ0n) is 21.4. The number of rotatable bonds is 11. The SMILES string of the molecule is COc1ccc(S(=O)(=O)Cc2c(/C=C\c3cc(OC)c(OC)c(OC)c3)ccc(OC)c2O)cc1[N+](=O)[O-]. The molecule has 0 fully saturated rings. The van der Waals surface area contributed by atoms with Gasteiger partial charge in [0.15, 0.2) is 38.6 Å². The minimum Gasteiger partial charge on any atom is -0.504 e. The molecule has 3 rings (SSSR count). The average Bonchev–Trinajstić information content (AvgIpc) is 2.92. The molecule has 3 aromatic rings. The third-order valence-corrected chi connectivity index (χ3v) is 7.33. The van der Waals surface area contributed by atoms with Crippen molar-refractivity contribution >= 4 is 27.7 Å². The number of nitro groups is 1. The van der Waals surface area contributed by atoms with Crippen LogP contribution in [0.5, 0.6) is 34.5 Å². The highest BCUT2D eigenvalue weighted by atomic mass is 32.2. The zero-order valence-corrected chi connectivity index (χ0v) is 22.2. The van der Waals surface area contributed by atoms with E-state index in [1.165, 1.54) is 53.7 Å². The van der Waals surface area contributed by atoms with Gasteiger partial charge in [0.05, 0.1) is 51.1 Å². The average molecular weight is 546 g/mol. The van der Waals surface area contributed by atoms with E-state index >= 15 is 0 Å². The van der Waals surface area contributed by atoms with Crippen LogP contribution in [0.3, 0.4) is 0 Å². The Balaban J connectivity index is 2.09. The van der Waals surface area contributed by atoms with E-state index in [1.807, 2.05) is 0 Å². The van der Waals surface area contributed by atoms with Crippen LogP contribution in [0.15, 0.2) is 47.4 Å². The fourth-order valence-electron chi connectivity index (χ4n) is 3.77. The molecule has 1 N–H and O–H groups in total. The Hall–Kier alpha value is -4.45.